The number of hydrogen-bond acceptors (Lipinski definition) is 3. The second-order valence-electron chi connectivity index (χ2n) is 4.94. The summed E-state index contributed by atoms with van der Waals surface area (Å²) in [5, 5.41) is 6.37. The van der Waals surface area contributed by atoms with Crippen molar-refractivity contribution in [2.45, 2.75) is 32.2 Å². The Morgan fingerprint density at radius 1 is 1.53 bits per heavy atom. The highest BCUT2D eigenvalue weighted by molar-refractivity contribution is 5.85. The zero-order valence-electron chi connectivity index (χ0n) is 11.3. The number of hydrogen-bond donors (Lipinski definition) is 2. The van der Waals surface area contributed by atoms with Crippen molar-refractivity contribution in [2.75, 3.05) is 13.1 Å². The Morgan fingerprint density at radius 2 is 2.37 bits per heavy atom. The molecule has 0 spiro atoms. The van der Waals surface area contributed by atoms with Crippen LogP contribution in [0.4, 0.5) is 0 Å². The van der Waals surface area contributed by atoms with Gasteiger partial charge >= 0.3 is 0 Å². The Bertz CT molecular complexity index is 386. The quantitative estimate of drug-likeness (QED) is 0.882. The Hall–Kier alpha value is -1.13. The first-order chi connectivity index (χ1) is 8.75. The van der Waals surface area contributed by atoms with E-state index >= 15 is 0 Å². The van der Waals surface area contributed by atoms with Gasteiger partial charge in [-0.15, -0.1) is 12.4 Å². The van der Waals surface area contributed by atoms with E-state index in [9.17, 15) is 4.79 Å². The highest BCUT2D eigenvalue weighted by Gasteiger charge is 2.24. The number of halogens is 1. The molecule has 1 aromatic heterocycles. The third-order valence-corrected chi connectivity index (χ3v) is 3.40. The van der Waals surface area contributed by atoms with E-state index in [4.69, 9.17) is 0 Å². The topological polar surface area (TPSA) is 54.0 Å². The molecule has 1 aliphatic rings. The highest BCUT2D eigenvalue weighted by Crippen LogP contribution is 2.15. The molecule has 1 saturated heterocycles. The molecule has 1 aliphatic heterocycles. The molecule has 2 heterocycles. The molecular formula is C14H22ClN3O. The molecule has 0 bridgehead atoms. The van der Waals surface area contributed by atoms with Crippen LogP contribution in [-0.2, 0) is 11.2 Å². The average Bonchev–Trinajstić information content (AvgIpc) is 2.40. The summed E-state index contributed by atoms with van der Waals surface area (Å²) in [6.45, 7) is 3.75. The summed E-state index contributed by atoms with van der Waals surface area (Å²) in [7, 11) is 0. The molecule has 5 heteroatoms. The molecule has 2 atom stereocenters. The van der Waals surface area contributed by atoms with Gasteiger partial charge in [-0.3, -0.25) is 9.78 Å². The molecule has 19 heavy (non-hydrogen) atoms. The lowest BCUT2D eigenvalue weighted by Gasteiger charge is -2.27. The van der Waals surface area contributed by atoms with Crippen molar-refractivity contribution in [3.05, 3.63) is 30.1 Å². The maximum Gasteiger partial charge on any atom is 0.223 e. The van der Waals surface area contributed by atoms with Gasteiger partial charge in [0.25, 0.3) is 0 Å². The van der Waals surface area contributed by atoms with E-state index in [0.717, 1.165) is 31.5 Å². The molecule has 1 fully saturated rings. The number of amides is 1. The normalized spacial score (nSPS) is 22.4. The van der Waals surface area contributed by atoms with E-state index in [1.807, 2.05) is 18.2 Å². The van der Waals surface area contributed by atoms with E-state index in [1.165, 1.54) is 0 Å². The number of aromatic nitrogens is 1. The Kier molecular flexibility index (Phi) is 6.81. The van der Waals surface area contributed by atoms with Crippen molar-refractivity contribution in [3.63, 3.8) is 0 Å². The minimum Gasteiger partial charge on any atom is -0.355 e. The molecule has 0 radical (unpaired) electrons. The van der Waals surface area contributed by atoms with Gasteiger partial charge in [0, 0.05) is 36.8 Å². The third-order valence-electron chi connectivity index (χ3n) is 3.40. The number of carbonyl (C=O) groups is 1. The average molecular weight is 284 g/mol. The zero-order chi connectivity index (χ0) is 12.8. The first kappa shape index (κ1) is 15.9. The van der Waals surface area contributed by atoms with Gasteiger partial charge in [-0.1, -0.05) is 6.07 Å². The van der Waals surface area contributed by atoms with Crippen LogP contribution in [0.3, 0.4) is 0 Å². The van der Waals surface area contributed by atoms with E-state index in [-0.39, 0.29) is 24.2 Å². The maximum atomic E-state index is 12.0. The van der Waals surface area contributed by atoms with Crippen LogP contribution in [0.2, 0.25) is 0 Å². The Morgan fingerprint density at radius 3 is 3.05 bits per heavy atom. The van der Waals surface area contributed by atoms with Crippen LogP contribution in [0.1, 0.15) is 25.5 Å². The van der Waals surface area contributed by atoms with Crippen molar-refractivity contribution in [1.82, 2.24) is 15.6 Å². The van der Waals surface area contributed by atoms with Gasteiger partial charge < -0.3 is 10.6 Å². The second-order valence-corrected chi connectivity index (χ2v) is 4.94. The van der Waals surface area contributed by atoms with Crippen molar-refractivity contribution in [1.29, 1.82) is 0 Å². The molecule has 2 rings (SSSR count). The van der Waals surface area contributed by atoms with Gasteiger partial charge in [-0.25, -0.2) is 0 Å². The zero-order valence-corrected chi connectivity index (χ0v) is 12.1. The molecule has 1 amide bonds. The Balaban J connectivity index is 0.00000180. The lowest BCUT2D eigenvalue weighted by atomic mass is 9.92. The molecular weight excluding hydrogens is 262 g/mol. The molecule has 106 valence electrons. The van der Waals surface area contributed by atoms with E-state index in [0.29, 0.717) is 12.6 Å². The van der Waals surface area contributed by atoms with E-state index < -0.39 is 0 Å². The fraction of sp³-hybridized carbons (Fsp3) is 0.571. The van der Waals surface area contributed by atoms with Gasteiger partial charge in [-0.05, 0) is 38.4 Å². The predicted molar refractivity (Wildman–Crippen MR) is 78.4 cm³/mol. The van der Waals surface area contributed by atoms with Crippen LogP contribution >= 0.6 is 12.4 Å². The van der Waals surface area contributed by atoms with E-state index in [1.54, 1.807) is 6.20 Å². The van der Waals surface area contributed by atoms with Crippen LogP contribution in [0.5, 0.6) is 0 Å². The summed E-state index contributed by atoms with van der Waals surface area (Å²) in [6, 6.07) is 6.31. The monoisotopic (exact) mass is 283 g/mol. The molecule has 0 aliphatic carbocycles. The molecule has 1 aromatic rings. The third kappa shape index (κ3) is 5.17. The molecule has 4 nitrogen and oxygen atoms in total. The Labute approximate surface area is 120 Å². The smallest absolute Gasteiger partial charge is 0.223 e. The SMILES string of the molecule is C[C@H]1C[C@@H](C(=O)NCCc2ccccn2)CCN1.Cl. The number of rotatable bonds is 4. The van der Waals surface area contributed by atoms with Crippen LogP contribution < -0.4 is 10.6 Å². The van der Waals surface area contributed by atoms with Crippen molar-refractivity contribution < 1.29 is 4.79 Å². The summed E-state index contributed by atoms with van der Waals surface area (Å²) < 4.78 is 0. The van der Waals surface area contributed by atoms with Crippen LogP contribution in [0.15, 0.2) is 24.4 Å². The maximum absolute atomic E-state index is 12.0. The summed E-state index contributed by atoms with van der Waals surface area (Å²) in [6.07, 6.45) is 4.47. The van der Waals surface area contributed by atoms with Gasteiger partial charge in [0.15, 0.2) is 0 Å². The first-order valence-corrected chi connectivity index (χ1v) is 6.66. The fourth-order valence-corrected chi connectivity index (χ4v) is 2.37. The van der Waals surface area contributed by atoms with Crippen molar-refractivity contribution >= 4 is 18.3 Å². The van der Waals surface area contributed by atoms with Gasteiger partial charge in [0.2, 0.25) is 5.91 Å². The highest BCUT2D eigenvalue weighted by atomic mass is 35.5. The van der Waals surface area contributed by atoms with Crippen LogP contribution in [0.25, 0.3) is 0 Å². The van der Waals surface area contributed by atoms with Crippen molar-refractivity contribution in [2.24, 2.45) is 5.92 Å². The number of piperidine rings is 1. The lowest BCUT2D eigenvalue weighted by Crippen LogP contribution is -2.42. The second kappa shape index (κ2) is 8.12. The number of nitrogens with zero attached hydrogens (tertiary/aromatic N) is 1. The minimum absolute atomic E-state index is 0. The molecule has 2 N–H and O–H groups in total. The van der Waals surface area contributed by atoms with Crippen LogP contribution in [0, 0.1) is 5.92 Å². The summed E-state index contributed by atoms with van der Waals surface area (Å²) in [4.78, 5) is 16.2. The van der Waals surface area contributed by atoms with Crippen molar-refractivity contribution in [3.8, 4) is 0 Å². The van der Waals surface area contributed by atoms with E-state index in [2.05, 4.69) is 22.5 Å². The summed E-state index contributed by atoms with van der Waals surface area (Å²) in [5.74, 6) is 0.365. The van der Waals surface area contributed by atoms with Crippen LogP contribution in [-0.4, -0.2) is 30.0 Å². The molecule has 0 unspecified atom stereocenters. The van der Waals surface area contributed by atoms with Gasteiger partial charge in [0.1, 0.15) is 0 Å². The predicted octanol–water partition coefficient (Wildman–Crippen LogP) is 1.55. The molecule has 0 aromatic carbocycles. The summed E-state index contributed by atoms with van der Waals surface area (Å²) in [5.41, 5.74) is 1.02. The first-order valence-electron chi connectivity index (χ1n) is 6.66. The van der Waals surface area contributed by atoms with Gasteiger partial charge in [0.05, 0.1) is 0 Å². The lowest BCUT2D eigenvalue weighted by molar-refractivity contribution is -0.126. The largest absolute Gasteiger partial charge is 0.355 e. The number of nitrogens with one attached hydrogen (secondary N) is 2. The van der Waals surface area contributed by atoms with Gasteiger partial charge in [-0.2, -0.15) is 0 Å². The number of carbonyl (C=O) groups excluding carboxylic acids is 1. The fourth-order valence-electron chi connectivity index (χ4n) is 2.37. The minimum atomic E-state index is 0. The number of pyridine rings is 1. The summed E-state index contributed by atoms with van der Waals surface area (Å²) >= 11 is 0. The molecule has 0 saturated carbocycles. The standard InChI is InChI=1S/C14H21N3O.ClH/c1-11-10-12(5-8-15-11)14(18)17-9-6-13-4-2-3-7-16-13;/h2-4,7,11-12,15H,5-6,8-10H2,1H3,(H,17,18);1H/t11-,12-;/m0./s1.